The Labute approximate surface area is 469 Å². The molecule has 8 aromatic carbocycles. The van der Waals surface area contributed by atoms with Crippen molar-refractivity contribution in [1.29, 1.82) is 0 Å². The van der Waals surface area contributed by atoms with E-state index in [1.165, 1.54) is 231 Å². The van der Waals surface area contributed by atoms with Gasteiger partial charge >= 0.3 is 0 Å². The van der Waals surface area contributed by atoms with Crippen LogP contribution in [0.15, 0.2) is 146 Å². The number of hydrogen-bond donors (Lipinski definition) is 2. The summed E-state index contributed by atoms with van der Waals surface area (Å²) in [5.41, 5.74) is 20.8. The lowest BCUT2D eigenvalue weighted by molar-refractivity contribution is 0.444. The number of aromatic amines is 2. The Balaban J connectivity index is 1.18. The Morgan fingerprint density at radius 2 is 0.450 bits per heavy atom. The summed E-state index contributed by atoms with van der Waals surface area (Å²) < 4.78 is 0. The average molecular weight is 1040 g/mol. The van der Waals surface area contributed by atoms with Crippen LogP contribution < -0.4 is 0 Å². The lowest BCUT2D eigenvalue weighted by atomic mass is 9.80. The second-order valence-electron chi connectivity index (χ2n) is 25.3. The van der Waals surface area contributed by atoms with Gasteiger partial charge in [-0.15, -0.1) is 0 Å². The van der Waals surface area contributed by atoms with Crippen LogP contribution in [0.5, 0.6) is 0 Å². The van der Waals surface area contributed by atoms with Gasteiger partial charge < -0.3 is 9.97 Å². The number of aromatic nitrogens is 4. The summed E-state index contributed by atoms with van der Waals surface area (Å²) in [4.78, 5) is 22.0. The van der Waals surface area contributed by atoms with Crippen molar-refractivity contribution in [3.63, 3.8) is 0 Å². The summed E-state index contributed by atoms with van der Waals surface area (Å²) in [7, 11) is 0. The molecule has 8 bridgehead atoms. The van der Waals surface area contributed by atoms with Crippen molar-refractivity contribution in [2.24, 2.45) is 0 Å². The monoisotopic (exact) mass is 1040 g/mol. The molecule has 2 aliphatic heterocycles. The van der Waals surface area contributed by atoms with Crippen molar-refractivity contribution in [2.75, 3.05) is 0 Å². The van der Waals surface area contributed by atoms with Gasteiger partial charge in [0.05, 0.1) is 44.8 Å². The van der Waals surface area contributed by atoms with Gasteiger partial charge in [0.15, 0.2) is 0 Å². The van der Waals surface area contributed by atoms with E-state index >= 15 is 0 Å². The summed E-state index contributed by atoms with van der Waals surface area (Å²) >= 11 is 0. The average Bonchev–Trinajstić information content (AvgIpc) is 4.34. The molecule has 80 heavy (non-hydrogen) atoms. The summed E-state index contributed by atoms with van der Waals surface area (Å²) in [6.07, 6.45) is 24.4. The van der Waals surface area contributed by atoms with Crippen molar-refractivity contribution in [2.45, 2.75) is 152 Å². The quantitative estimate of drug-likeness (QED) is 0.185. The predicted molar refractivity (Wildman–Crippen MR) is 338 cm³/mol. The first kappa shape index (κ1) is 47.3. The van der Waals surface area contributed by atoms with Gasteiger partial charge in [-0.1, -0.05) is 174 Å². The zero-order valence-corrected chi connectivity index (χ0v) is 46.2. The largest absolute Gasteiger partial charge is 0.354 e. The topological polar surface area (TPSA) is 57.4 Å². The number of nitrogens with zero attached hydrogens (tertiary/aromatic N) is 2. The SMILES string of the molecule is c1ccc2cc3c(cc2c1)-c1nc-3c(C2CCCCC2)c2[nH]c(c(C3CCCCC3)c3nc(c(C4CCCCC4)c4[nH]c(c1C1CCCCC1)c1cc5ccccc5cc41)-c1cc4ccccc4cc1-3)c1cc3ccccc3cc21. The van der Waals surface area contributed by atoms with Crippen LogP contribution in [0.1, 0.15) is 174 Å². The number of rotatable bonds is 4. The van der Waals surface area contributed by atoms with E-state index in [1.807, 2.05) is 0 Å². The first-order valence-corrected chi connectivity index (χ1v) is 31.2. The third-order valence-corrected chi connectivity index (χ3v) is 20.7. The van der Waals surface area contributed by atoms with Crippen LogP contribution in [0.3, 0.4) is 0 Å². The molecule has 0 amide bonds. The minimum absolute atomic E-state index is 0.352. The molecule has 7 aliphatic rings. The Kier molecular flexibility index (Phi) is 11.3. The molecule has 0 unspecified atom stereocenters. The Morgan fingerprint density at radius 1 is 0.250 bits per heavy atom. The fraction of sp³-hybridized carbons (Fsp3) is 0.316. The third kappa shape index (κ3) is 7.53. The Morgan fingerprint density at radius 3 is 0.662 bits per heavy atom. The lowest BCUT2D eigenvalue weighted by Crippen LogP contribution is -2.08. The van der Waals surface area contributed by atoms with E-state index < -0.39 is 0 Å². The number of fused-ring (bicyclic) bond motifs is 4. The number of hydrogen-bond acceptors (Lipinski definition) is 2. The Hall–Kier alpha value is -7.56. The molecule has 0 atom stereocenters. The smallest absolute Gasteiger partial charge is 0.0772 e. The normalized spacial score (nSPS) is 17.8. The highest BCUT2D eigenvalue weighted by Crippen LogP contribution is 2.55. The van der Waals surface area contributed by atoms with Crippen LogP contribution in [0.2, 0.25) is 0 Å². The number of nitrogens with one attached hydrogen (secondary N) is 2. The fourth-order valence-electron chi connectivity index (χ4n) is 16.9. The maximum absolute atomic E-state index is 6.43. The van der Waals surface area contributed by atoms with Crippen molar-refractivity contribution in [3.8, 4) is 45.0 Å². The van der Waals surface area contributed by atoms with Crippen molar-refractivity contribution < 1.29 is 0 Å². The molecule has 0 saturated heterocycles. The van der Waals surface area contributed by atoms with Crippen molar-refractivity contribution in [3.05, 3.63) is 168 Å². The van der Waals surface area contributed by atoms with Gasteiger partial charge in [0.2, 0.25) is 0 Å². The first-order chi connectivity index (χ1) is 39.7. The number of benzene rings is 8. The van der Waals surface area contributed by atoms with Crippen LogP contribution >= 0.6 is 0 Å². The van der Waals surface area contributed by atoms with Crippen LogP contribution in [0.25, 0.3) is 132 Å². The van der Waals surface area contributed by atoms with Gasteiger partial charge in [0.25, 0.3) is 0 Å². The molecule has 394 valence electrons. The van der Waals surface area contributed by atoms with E-state index in [0.717, 1.165) is 51.4 Å². The molecule has 4 heterocycles. The molecule has 4 saturated carbocycles. The molecular weight excluding hydrogens is 969 g/mol. The minimum atomic E-state index is 0.352. The van der Waals surface area contributed by atoms with Gasteiger partial charge in [0.1, 0.15) is 0 Å². The minimum Gasteiger partial charge on any atom is -0.354 e. The Bertz CT molecular complexity index is 3960. The summed E-state index contributed by atoms with van der Waals surface area (Å²) in [6.45, 7) is 0. The van der Waals surface area contributed by atoms with E-state index in [0.29, 0.717) is 23.7 Å². The third-order valence-electron chi connectivity index (χ3n) is 20.7. The highest BCUT2D eigenvalue weighted by Gasteiger charge is 2.36. The fourth-order valence-corrected chi connectivity index (χ4v) is 16.9. The van der Waals surface area contributed by atoms with Crippen molar-refractivity contribution >= 4 is 86.7 Å². The van der Waals surface area contributed by atoms with E-state index in [9.17, 15) is 0 Å². The van der Waals surface area contributed by atoms with E-state index in [2.05, 4.69) is 156 Å². The van der Waals surface area contributed by atoms with E-state index in [1.54, 1.807) is 0 Å². The van der Waals surface area contributed by atoms with Gasteiger partial charge in [-0.3, -0.25) is 0 Å². The van der Waals surface area contributed by atoms with Crippen molar-refractivity contribution in [1.82, 2.24) is 19.9 Å². The highest BCUT2D eigenvalue weighted by atomic mass is 14.8. The molecule has 2 aromatic heterocycles. The second-order valence-corrected chi connectivity index (χ2v) is 25.3. The maximum Gasteiger partial charge on any atom is 0.0772 e. The first-order valence-electron chi connectivity index (χ1n) is 31.2. The van der Waals surface area contributed by atoms with Gasteiger partial charge in [-0.05, 0) is 167 Å². The van der Waals surface area contributed by atoms with E-state index in [-0.39, 0.29) is 0 Å². The predicted octanol–water partition coefficient (Wildman–Crippen LogP) is 22.1. The molecule has 10 aromatic rings. The van der Waals surface area contributed by atoms with Gasteiger partial charge in [0, 0.05) is 66.1 Å². The molecule has 4 heteroatoms. The zero-order chi connectivity index (χ0) is 52.4. The standard InChI is InChI=1S/C76H70N4/c1-5-21-45(22-6-1)65-69-57-37-49-29-13-15-31-51(49)39-59(57)71(77-69)66(46-23-7-2-8-24-46)73-61-41-53-33-17-19-35-55(53)43-63(61)75(79-73)68(48-27-11-4-12-28-48)76-64-44-56-36-20-18-34-54(56)42-62(64)74(80-76)67(47-25-9-3-10-26-47)72-60-40-52-32-16-14-30-50(52)38-58(60)70(65)78-72/h13-20,29-48,77,80H,1-12,21-28H2. The molecule has 4 fully saturated rings. The summed E-state index contributed by atoms with van der Waals surface area (Å²) in [5, 5.41) is 15.6. The molecule has 4 nitrogen and oxygen atoms in total. The molecule has 5 aliphatic carbocycles. The lowest BCUT2D eigenvalue weighted by Gasteiger charge is -2.24. The molecule has 2 N–H and O–H groups in total. The zero-order valence-electron chi connectivity index (χ0n) is 46.2. The van der Waals surface area contributed by atoms with Gasteiger partial charge in [-0.25, -0.2) is 9.97 Å². The van der Waals surface area contributed by atoms with Crippen LogP contribution in [-0.4, -0.2) is 19.9 Å². The molecule has 17 rings (SSSR count). The van der Waals surface area contributed by atoms with Crippen LogP contribution in [0.4, 0.5) is 0 Å². The molecular formula is C76H70N4. The molecule has 0 radical (unpaired) electrons. The highest BCUT2D eigenvalue weighted by molar-refractivity contribution is 6.19. The maximum atomic E-state index is 6.43. The van der Waals surface area contributed by atoms with Crippen LogP contribution in [0, 0.1) is 0 Å². The summed E-state index contributed by atoms with van der Waals surface area (Å²) in [5.74, 6) is 1.41. The van der Waals surface area contributed by atoms with Crippen LogP contribution in [-0.2, 0) is 0 Å². The number of H-pyrrole nitrogens is 2. The second kappa shape index (κ2) is 19.0. The van der Waals surface area contributed by atoms with Gasteiger partial charge in [-0.2, -0.15) is 0 Å². The molecule has 0 spiro atoms. The van der Waals surface area contributed by atoms with E-state index in [4.69, 9.17) is 9.97 Å². The summed E-state index contributed by atoms with van der Waals surface area (Å²) in [6, 6.07) is 56.9.